The number of aliphatic hydroxyl groups excluding tert-OH is 1. The van der Waals surface area contributed by atoms with Crippen molar-refractivity contribution in [2.45, 2.75) is 39.2 Å². The van der Waals surface area contributed by atoms with E-state index < -0.39 is 12.3 Å². The molecule has 0 aromatic carbocycles. The van der Waals surface area contributed by atoms with Crippen LogP contribution in [0.1, 0.15) is 28.6 Å². The van der Waals surface area contributed by atoms with Crippen molar-refractivity contribution in [3.8, 4) is 10.6 Å². The molecule has 2 aromatic rings. The van der Waals surface area contributed by atoms with E-state index in [0.29, 0.717) is 22.9 Å². The molecule has 0 bridgehead atoms. The number of aromatic nitrogens is 2. The van der Waals surface area contributed by atoms with Gasteiger partial charge in [-0.2, -0.15) is 0 Å². The average Bonchev–Trinajstić information content (AvgIpc) is 3.02. The molecule has 1 saturated carbocycles. The molecule has 0 amide bonds. The molecule has 0 aliphatic heterocycles. The van der Waals surface area contributed by atoms with E-state index in [1.165, 1.54) is 22.7 Å². The highest BCUT2D eigenvalue weighted by Gasteiger charge is 2.39. The predicted octanol–water partition coefficient (Wildman–Crippen LogP) is 3.47. The summed E-state index contributed by atoms with van der Waals surface area (Å²) in [4.78, 5) is 21.7. The van der Waals surface area contributed by atoms with Crippen LogP contribution >= 0.6 is 22.7 Å². The van der Waals surface area contributed by atoms with Gasteiger partial charge >= 0.3 is 0 Å². The first-order valence-electron chi connectivity index (χ1n) is 7.30. The largest absolute Gasteiger partial charge is 0.389 e. The first-order chi connectivity index (χ1) is 11.0. The van der Waals surface area contributed by atoms with Gasteiger partial charge < -0.3 is 5.11 Å². The van der Waals surface area contributed by atoms with Gasteiger partial charge in [-0.15, -0.1) is 22.7 Å². The van der Waals surface area contributed by atoms with Gasteiger partial charge in [-0.1, -0.05) is 0 Å². The molecule has 1 aliphatic carbocycles. The smallest absolute Gasteiger partial charge is 0.241 e. The summed E-state index contributed by atoms with van der Waals surface area (Å²) in [6, 6.07) is 0. The Morgan fingerprint density at radius 3 is 2.74 bits per heavy atom. The first-order valence-corrected chi connectivity index (χ1v) is 9.00. The molecule has 23 heavy (non-hydrogen) atoms. The zero-order chi connectivity index (χ0) is 16.6. The summed E-state index contributed by atoms with van der Waals surface area (Å²) in [7, 11) is 0. The van der Waals surface area contributed by atoms with Crippen LogP contribution in [-0.2, 0) is 17.8 Å². The lowest BCUT2D eigenvalue weighted by Gasteiger charge is -2.33. The van der Waals surface area contributed by atoms with E-state index >= 15 is 0 Å². The highest BCUT2D eigenvalue weighted by Crippen LogP contribution is 2.39. The Balaban J connectivity index is 1.63. The van der Waals surface area contributed by atoms with Crippen molar-refractivity contribution in [3.63, 3.8) is 0 Å². The summed E-state index contributed by atoms with van der Waals surface area (Å²) in [5.74, 6) is -0.861. The fourth-order valence-corrected chi connectivity index (χ4v) is 4.43. The molecule has 124 valence electrons. The number of ketones is 1. The van der Waals surface area contributed by atoms with Gasteiger partial charge in [-0.25, -0.2) is 18.7 Å². The third-order valence-electron chi connectivity index (χ3n) is 4.07. The van der Waals surface area contributed by atoms with Crippen molar-refractivity contribution in [1.82, 2.24) is 9.97 Å². The standard InChI is InChI=1S/C15H16F2N2O2S2/c1-7-14(23-13(5-20)18-7)10-6-22-12(19-10)4-11(21)8-2-9(3-8)15(16)17/h6,8-9,15,20H,2-5H2,1H3. The Labute approximate surface area is 140 Å². The van der Waals surface area contributed by atoms with Crippen molar-refractivity contribution < 1.29 is 18.7 Å². The molecular formula is C15H16F2N2O2S2. The first kappa shape index (κ1) is 16.6. The number of Topliss-reactive ketones (excluding diaryl/α,β-unsaturated/α-hetero) is 1. The molecular weight excluding hydrogens is 342 g/mol. The number of hydrogen-bond donors (Lipinski definition) is 1. The van der Waals surface area contributed by atoms with Gasteiger partial charge in [0.25, 0.3) is 0 Å². The number of nitrogens with zero attached hydrogens (tertiary/aromatic N) is 2. The van der Waals surface area contributed by atoms with Crippen LogP contribution in [0.25, 0.3) is 10.6 Å². The molecule has 0 radical (unpaired) electrons. The summed E-state index contributed by atoms with van der Waals surface area (Å²) in [6.07, 6.45) is -1.53. The number of rotatable bonds is 6. The summed E-state index contributed by atoms with van der Waals surface area (Å²) in [5, 5.41) is 12.3. The van der Waals surface area contributed by atoms with Crippen molar-refractivity contribution >= 4 is 28.5 Å². The summed E-state index contributed by atoms with van der Waals surface area (Å²) >= 11 is 2.78. The zero-order valence-electron chi connectivity index (χ0n) is 12.5. The van der Waals surface area contributed by atoms with Crippen LogP contribution in [0.15, 0.2) is 5.38 Å². The second kappa shape index (κ2) is 6.70. The number of carbonyl (C=O) groups is 1. The van der Waals surface area contributed by atoms with Crippen LogP contribution in [0.5, 0.6) is 0 Å². The normalized spacial score (nSPS) is 20.7. The summed E-state index contributed by atoms with van der Waals surface area (Å²) in [6.45, 7) is 1.75. The SMILES string of the molecule is Cc1nc(CO)sc1-c1csc(CC(=O)C2CC(C(F)F)C2)n1. The molecule has 1 aliphatic rings. The maximum atomic E-state index is 12.5. The number of aryl methyl sites for hydroxylation is 1. The quantitative estimate of drug-likeness (QED) is 0.859. The van der Waals surface area contributed by atoms with Crippen LogP contribution in [0.2, 0.25) is 0 Å². The van der Waals surface area contributed by atoms with Crippen LogP contribution in [0, 0.1) is 18.8 Å². The van der Waals surface area contributed by atoms with Gasteiger partial charge in [0.2, 0.25) is 6.43 Å². The number of thiazole rings is 2. The van der Waals surface area contributed by atoms with Gasteiger partial charge in [0.15, 0.2) is 0 Å². The van der Waals surface area contributed by atoms with Crippen LogP contribution in [-0.4, -0.2) is 27.3 Å². The third-order valence-corrected chi connectivity index (χ3v) is 6.09. The lowest BCUT2D eigenvalue weighted by Crippen LogP contribution is -2.35. The van der Waals surface area contributed by atoms with E-state index in [0.717, 1.165) is 16.3 Å². The van der Waals surface area contributed by atoms with Gasteiger partial charge in [-0.3, -0.25) is 4.79 Å². The van der Waals surface area contributed by atoms with Crippen molar-refractivity contribution in [2.24, 2.45) is 11.8 Å². The Morgan fingerprint density at radius 1 is 1.39 bits per heavy atom. The molecule has 1 N–H and O–H groups in total. The molecule has 0 spiro atoms. The van der Waals surface area contributed by atoms with Gasteiger partial charge in [0.05, 0.1) is 29.3 Å². The van der Waals surface area contributed by atoms with E-state index in [1.54, 1.807) is 0 Å². The number of carbonyl (C=O) groups excluding carboxylic acids is 1. The topological polar surface area (TPSA) is 63.1 Å². The molecule has 0 atom stereocenters. The lowest BCUT2D eigenvalue weighted by atomic mass is 9.72. The number of hydrogen-bond acceptors (Lipinski definition) is 6. The predicted molar refractivity (Wildman–Crippen MR) is 84.8 cm³/mol. The van der Waals surface area contributed by atoms with Gasteiger partial charge in [0.1, 0.15) is 15.8 Å². The van der Waals surface area contributed by atoms with Gasteiger partial charge in [0, 0.05) is 17.2 Å². The minimum atomic E-state index is -2.32. The van der Waals surface area contributed by atoms with Crippen LogP contribution in [0.3, 0.4) is 0 Å². The molecule has 0 saturated heterocycles. The third kappa shape index (κ3) is 3.49. The summed E-state index contributed by atoms with van der Waals surface area (Å²) in [5.41, 5.74) is 1.56. The van der Waals surface area contributed by atoms with Crippen molar-refractivity contribution in [2.75, 3.05) is 0 Å². The average molecular weight is 358 g/mol. The fraction of sp³-hybridized carbons (Fsp3) is 0.533. The second-order valence-electron chi connectivity index (χ2n) is 5.71. The molecule has 0 unspecified atom stereocenters. The number of halogens is 2. The number of aliphatic hydroxyl groups is 1. The maximum absolute atomic E-state index is 12.5. The maximum Gasteiger partial charge on any atom is 0.241 e. The molecule has 1 fully saturated rings. The van der Waals surface area contributed by atoms with E-state index in [-0.39, 0.29) is 24.7 Å². The van der Waals surface area contributed by atoms with Crippen LogP contribution < -0.4 is 0 Å². The van der Waals surface area contributed by atoms with E-state index in [9.17, 15) is 13.6 Å². The Morgan fingerprint density at radius 2 is 2.13 bits per heavy atom. The second-order valence-corrected chi connectivity index (χ2v) is 7.74. The zero-order valence-corrected chi connectivity index (χ0v) is 14.1. The molecule has 3 rings (SSSR count). The van der Waals surface area contributed by atoms with Gasteiger partial charge in [-0.05, 0) is 19.8 Å². The molecule has 4 nitrogen and oxygen atoms in total. The lowest BCUT2D eigenvalue weighted by molar-refractivity contribution is -0.128. The molecule has 8 heteroatoms. The van der Waals surface area contributed by atoms with E-state index in [1.807, 2.05) is 12.3 Å². The van der Waals surface area contributed by atoms with E-state index in [4.69, 9.17) is 5.11 Å². The van der Waals surface area contributed by atoms with Crippen LogP contribution in [0.4, 0.5) is 8.78 Å². The summed E-state index contributed by atoms with van der Waals surface area (Å²) < 4.78 is 24.9. The monoisotopic (exact) mass is 358 g/mol. The molecule has 2 heterocycles. The number of alkyl halides is 2. The van der Waals surface area contributed by atoms with Crippen molar-refractivity contribution in [3.05, 3.63) is 21.1 Å². The minimum absolute atomic E-state index is 0.000117. The van der Waals surface area contributed by atoms with Crippen molar-refractivity contribution in [1.29, 1.82) is 0 Å². The van der Waals surface area contributed by atoms with E-state index in [2.05, 4.69) is 9.97 Å². The Kier molecular flexibility index (Phi) is 4.84. The highest BCUT2D eigenvalue weighted by molar-refractivity contribution is 7.16. The Bertz CT molecular complexity index is 708. The highest BCUT2D eigenvalue weighted by atomic mass is 32.1. The molecule has 2 aromatic heterocycles. The Hall–Kier alpha value is -1.25. The fourth-order valence-electron chi connectivity index (χ4n) is 2.68. The minimum Gasteiger partial charge on any atom is -0.389 e.